The number of nitrogens with zero attached hydrogens (tertiary/aromatic N) is 2. The summed E-state index contributed by atoms with van der Waals surface area (Å²) in [5.74, 6) is 0.838. The molecule has 30 heavy (non-hydrogen) atoms. The number of hydrogen-bond donors (Lipinski definition) is 1. The monoisotopic (exact) mass is 435 g/mol. The van der Waals surface area contributed by atoms with Gasteiger partial charge in [-0.15, -0.1) is 0 Å². The van der Waals surface area contributed by atoms with Crippen molar-refractivity contribution >= 4 is 15.9 Å². The highest BCUT2D eigenvalue weighted by Crippen LogP contribution is 2.32. The van der Waals surface area contributed by atoms with Gasteiger partial charge in [0.05, 0.1) is 18.1 Å². The molecule has 2 aliphatic heterocycles. The van der Waals surface area contributed by atoms with Crippen LogP contribution in [0.1, 0.15) is 5.56 Å². The van der Waals surface area contributed by atoms with E-state index in [0.29, 0.717) is 24.7 Å². The SMILES string of the molecule is O=C(Cn1cc(S(=O)(=O)N2CCOCC2)ccc1=O)NCc1ccc2c(c1)OCO2. The number of pyridine rings is 1. The molecule has 1 aromatic heterocycles. The Morgan fingerprint density at radius 2 is 1.83 bits per heavy atom. The smallest absolute Gasteiger partial charge is 0.251 e. The Kier molecular flexibility index (Phi) is 5.75. The highest BCUT2D eigenvalue weighted by Gasteiger charge is 2.27. The second kappa shape index (κ2) is 8.46. The lowest BCUT2D eigenvalue weighted by Gasteiger charge is -2.26. The van der Waals surface area contributed by atoms with Gasteiger partial charge in [-0.1, -0.05) is 6.07 Å². The number of aromatic nitrogens is 1. The summed E-state index contributed by atoms with van der Waals surface area (Å²) in [5, 5.41) is 2.72. The van der Waals surface area contributed by atoms with Crippen LogP contribution in [0.4, 0.5) is 0 Å². The predicted molar refractivity (Wildman–Crippen MR) is 105 cm³/mol. The maximum Gasteiger partial charge on any atom is 0.251 e. The zero-order valence-corrected chi connectivity index (χ0v) is 16.9. The number of morpholine rings is 1. The van der Waals surface area contributed by atoms with E-state index in [-0.39, 0.29) is 37.9 Å². The Morgan fingerprint density at radius 1 is 1.07 bits per heavy atom. The van der Waals surface area contributed by atoms with Crippen molar-refractivity contribution in [3.63, 3.8) is 0 Å². The fourth-order valence-corrected chi connectivity index (χ4v) is 4.61. The number of carbonyl (C=O) groups is 1. The van der Waals surface area contributed by atoms with Crippen molar-refractivity contribution in [3.05, 3.63) is 52.4 Å². The van der Waals surface area contributed by atoms with E-state index in [4.69, 9.17) is 14.2 Å². The molecular formula is C19H21N3O7S. The fraction of sp³-hybridized carbons (Fsp3) is 0.368. The first-order chi connectivity index (χ1) is 14.4. The molecule has 0 radical (unpaired) electrons. The third-order valence-corrected chi connectivity index (χ3v) is 6.69. The normalized spacial score (nSPS) is 16.4. The third kappa shape index (κ3) is 4.32. The van der Waals surface area contributed by atoms with Gasteiger partial charge >= 0.3 is 0 Å². The summed E-state index contributed by atoms with van der Waals surface area (Å²) >= 11 is 0. The van der Waals surface area contributed by atoms with Gasteiger partial charge in [-0.25, -0.2) is 8.42 Å². The maximum atomic E-state index is 12.8. The van der Waals surface area contributed by atoms with Crippen LogP contribution in [0.25, 0.3) is 0 Å². The first-order valence-corrected chi connectivity index (χ1v) is 10.8. The molecule has 1 fully saturated rings. The summed E-state index contributed by atoms with van der Waals surface area (Å²) in [6.07, 6.45) is 1.20. The van der Waals surface area contributed by atoms with Crippen molar-refractivity contribution in [3.8, 4) is 11.5 Å². The summed E-state index contributed by atoms with van der Waals surface area (Å²) in [5.41, 5.74) is 0.345. The largest absolute Gasteiger partial charge is 0.454 e. The number of hydrogen-bond acceptors (Lipinski definition) is 7. The Labute approximate surface area is 173 Å². The van der Waals surface area contributed by atoms with Gasteiger partial charge in [0.15, 0.2) is 11.5 Å². The minimum absolute atomic E-state index is 0.0347. The van der Waals surface area contributed by atoms with Crippen LogP contribution in [0.3, 0.4) is 0 Å². The van der Waals surface area contributed by atoms with Crippen molar-refractivity contribution in [2.24, 2.45) is 0 Å². The summed E-state index contributed by atoms with van der Waals surface area (Å²) in [6, 6.07) is 7.74. The Morgan fingerprint density at radius 3 is 2.63 bits per heavy atom. The van der Waals surface area contributed by atoms with E-state index in [1.165, 1.54) is 16.6 Å². The first-order valence-electron chi connectivity index (χ1n) is 9.37. The van der Waals surface area contributed by atoms with Gasteiger partial charge < -0.3 is 24.1 Å². The zero-order valence-electron chi connectivity index (χ0n) is 16.1. The van der Waals surface area contributed by atoms with E-state index in [1.54, 1.807) is 18.2 Å². The molecule has 160 valence electrons. The number of benzene rings is 1. The van der Waals surface area contributed by atoms with E-state index in [1.807, 2.05) is 0 Å². The van der Waals surface area contributed by atoms with E-state index < -0.39 is 21.5 Å². The third-order valence-electron chi connectivity index (χ3n) is 4.80. The molecule has 2 aliphatic rings. The number of rotatable bonds is 6. The Balaban J connectivity index is 1.43. The zero-order chi connectivity index (χ0) is 21.1. The molecule has 0 unspecified atom stereocenters. The van der Waals surface area contributed by atoms with Gasteiger partial charge in [0.25, 0.3) is 5.56 Å². The Bertz CT molecular complexity index is 1110. The standard InChI is InChI=1S/C19H21N3O7S/c23-18(20-10-14-1-3-16-17(9-14)29-13-28-16)12-21-11-15(2-4-19(21)24)30(25,26)22-5-7-27-8-6-22/h1-4,9,11H,5-8,10,12-13H2,(H,20,23). The van der Waals surface area contributed by atoms with E-state index in [2.05, 4.69) is 5.32 Å². The quantitative estimate of drug-likeness (QED) is 0.674. The van der Waals surface area contributed by atoms with Crippen LogP contribution in [0.5, 0.6) is 11.5 Å². The van der Waals surface area contributed by atoms with E-state index >= 15 is 0 Å². The molecule has 2 aromatic rings. The highest BCUT2D eigenvalue weighted by atomic mass is 32.2. The van der Waals surface area contributed by atoms with Crippen LogP contribution < -0.4 is 20.3 Å². The fourth-order valence-electron chi connectivity index (χ4n) is 3.18. The first kappa shape index (κ1) is 20.4. The number of sulfonamides is 1. The molecule has 0 spiro atoms. The molecule has 3 heterocycles. The second-order valence-corrected chi connectivity index (χ2v) is 8.75. The summed E-state index contributed by atoms with van der Waals surface area (Å²) in [6.45, 7) is 1.24. The summed E-state index contributed by atoms with van der Waals surface area (Å²) < 4.78 is 43.7. The van der Waals surface area contributed by atoms with Crippen LogP contribution in [0, 0.1) is 0 Å². The van der Waals surface area contributed by atoms with Crippen LogP contribution >= 0.6 is 0 Å². The number of nitrogens with one attached hydrogen (secondary N) is 1. The highest BCUT2D eigenvalue weighted by molar-refractivity contribution is 7.89. The average Bonchev–Trinajstić information content (AvgIpc) is 3.22. The van der Waals surface area contributed by atoms with Crippen molar-refractivity contribution in [2.75, 3.05) is 33.1 Å². The Hall–Kier alpha value is -2.89. The lowest BCUT2D eigenvalue weighted by Crippen LogP contribution is -2.41. The molecular weight excluding hydrogens is 414 g/mol. The van der Waals surface area contributed by atoms with Gasteiger partial charge in [0.1, 0.15) is 6.54 Å². The molecule has 1 amide bonds. The molecule has 11 heteroatoms. The van der Waals surface area contributed by atoms with Gasteiger partial charge in [0, 0.05) is 31.9 Å². The van der Waals surface area contributed by atoms with Crippen LogP contribution in [0.2, 0.25) is 0 Å². The van der Waals surface area contributed by atoms with Gasteiger partial charge in [-0.05, 0) is 23.8 Å². The molecule has 10 nitrogen and oxygen atoms in total. The van der Waals surface area contributed by atoms with Crippen molar-refractivity contribution in [2.45, 2.75) is 18.0 Å². The lowest BCUT2D eigenvalue weighted by atomic mass is 10.2. The molecule has 0 saturated carbocycles. The predicted octanol–water partition coefficient (Wildman–Crippen LogP) is -0.0857. The average molecular weight is 435 g/mol. The second-order valence-electron chi connectivity index (χ2n) is 6.81. The number of ether oxygens (including phenoxy) is 3. The minimum Gasteiger partial charge on any atom is -0.454 e. The molecule has 0 bridgehead atoms. The van der Waals surface area contributed by atoms with Gasteiger partial charge in [0.2, 0.25) is 22.7 Å². The number of amides is 1. The molecule has 0 atom stereocenters. The maximum absolute atomic E-state index is 12.8. The summed E-state index contributed by atoms with van der Waals surface area (Å²) in [7, 11) is -3.76. The topological polar surface area (TPSA) is 116 Å². The van der Waals surface area contributed by atoms with Gasteiger partial charge in [-0.2, -0.15) is 4.31 Å². The number of fused-ring (bicyclic) bond motifs is 1. The van der Waals surface area contributed by atoms with Crippen molar-refractivity contribution in [1.29, 1.82) is 0 Å². The summed E-state index contributed by atoms with van der Waals surface area (Å²) in [4.78, 5) is 24.4. The van der Waals surface area contributed by atoms with Gasteiger partial charge in [-0.3, -0.25) is 9.59 Å². The van der Waals surface area contributed by atoms with Crippen LogP contribution in [0.15, 0.2) is 46.2 Å². The molecule has 1 aromatic carbocycles. The van der Waals surface area contributed by atoms with Crippen molar-refractivity contribution in [1.82, 2.24) is 14.2 Å². The van der Waals surface area contributed by atoms with Crippen molar-refractivity contribution < 1.29 is 27.4 Å². The van der Waals surface area contributed by atoms with Crippen LogP contribution in [-0.4, -0.2) is 56.3 Å². The minimum atomic E-state index is -3.76. The molecule has 1 N–H and O–H groups in total. The van der Waals surface area contributed by atoms with E-state index in [9.17, 15) is 18.0 Å². The lowest BCUT2D eigenvalue weighted by molar-refractivity contribution is -0.121. The van der Waals surface area contributed by atoms with Crippen LogP contribution in [-0.2, 0) is 32.6 Å². The van der Waals surface area contributed by atoms with E-state index in [0.717, 1.165) is 16.2 Å². The molecule has 0 aliphatic carbocycles. The molecule has 1 saturated heterocycles. The molecule has 4 rings (SSSR count). The number of carbonyl (C=O) groups excluding carboxylic acids is 1.